The highest BCUT2D eigenvalue weighted by Crippen LogP contribution is 2.20. The van der Waals surface area contributed by atoms with Crippen LogP contribution in [0.4, 0.5) is 0 Å². The molecule has 0 fully saturated rings. The summed E-state index contributed by atoms with van der Waals surface area (Å²) in [6.45, 7) is 0.288. The number of aliphatic hydroxyl groups excluding tert-OH is 1. The van der Waals surface area contributed by atoms with Crippen LogP contribution in [0.1, 0.15) is 11.1 Å². The number of amides is 1. The Kier molecular flexibility index (Phi) is 5.08. The first-order valence-corrected chi connectivity index (χ1v) is 7.82. The lowest BCUT2D eigenvalue weighted by molar-refractivity contribution is -0.123. The summed E-state index contributed by atoms with van der Waals surface area (Å²) in [5, 5.41) is 14.3. The van der Waals surface area contributed by atoms with Crippen molar-refractivity contribution in [1.82, 2.24) is 5.32 Å². The van der Waals surface area contributed by atoms with Gasteiger partial charge in [-0.15, -0.1) is 0 Å². The smallest absolute Gasteiger partial charge is 0.258 e. The summed E-state index contributed by atoms with van der Waals surface area (Å²) in [4.78, 5) is 12.0. The van der Waals surface area contributed by atoms with E-state index >= 15 is 0 Å². The van der Waals surface area contributed by atoms with Gasteiger partial charge < -0.3 is 15.2 Å². The first-order chi connectivity index (χ1) is 11.8. The average Bonchev–Trinajstić information content (AvgIpc) is 2.64. The zero-order valence-electron chi connectivity index (χ0n) is 13.2. The van der Waals surface area contributed by atoms with Crippen LogP contribution < -0.4 is 10.1 Å². The van der Waals surface area contributed by atoms with Crippen molar-refractivity contribution in [3.8, 4) is 5.75 Å². The lowest BCUT2D eigenvalue weighted by atomic mass is 10.1. The minimum absolute atomic E-state index is 0.0420. The second kappa shape index (κ2) is 7.62. The molecule has 2 N–H and O–H groups in total. The van der Waals surface area contributed by atoms with Gasteiger partial charge in [0, 0.05) is 6.54 Å². The molecule has 0 bridgehead atoms. The molecule has 0 aliphatic carbocycles. The predicted molar refractivity (Wildman–Crippen MR) is 93.7 cm³/mol. The molecule has 3 rings (SSSR count). The number of aliphatic hydroxyl groups is 1. The Morgan fingerprint density at radius 3 is 2.42 bits per heavy atom. The standard InChI is InChI=1S/C20H19NO3/c22-13-18-8-4-3-7-17(18)12-21-20(23)14-24-19-10-9-15-5-1-2-6-16(15)11-19/h1-11,22H,12-14H2,(H,21,23). The van der Waals surface area contributed by atoms with Crippen LogP contribution in [0.5, 0.6) is 5.75 Å². The van der Waals surface area contributed by atoms with Gasteiger partial charge in [0.2, 0.25) is 0 Å². The Morgan fingerprint density at radius 2 is 1.62 bits per heavy atom. The summed E-state index contributed by atoms with van der Waals surface area (Å²) in [6, 6.07) is 21.2. The number of benzene rings is 3. The van der Waals surface area contributed by atoms with Gasteiger partial charge in [-0.1, -0.05) is 54.6 Å². The highest BCUT2D eigenvalue weighted by Gasteiger charge is 2.06. The van der Waals surface area contributed by atoms with Gasteiger partial charge >= 0.3 is 0 Å². The summed E-state index contributed by atoms with van der Waals surface area (Å²) in [5.41, 5.74) is 1.72. The molecule has 1 amide bonds. The van der Waals surface area contributed by atoms with Gasteiger partial charge in [0.05, 0.1) is 6.61 Å². The molecule has 24 heavy (non-hydrogen) atoms. The molecule has 4 heteroatoms. The van der Waals surface area contributed by atoms with Gasteiger partial charge in [-0.25, -0.2) is 0 Å². The fourth-order valence-corrected chi connectivity index (χ4v) is 2.54. The first kappa shape index (κ1) is 16.0. The van der Waals surface area contributed by atoms with Gasteiger partial charge in [-0.05, 0) is 34.0 Å². The van der Waals surface area contributed by atoms with Crippen LogP contribution in [0, 0.1) is 0 Å². The number of carbonyl (C=O) groups excluding carboxylic acids is 1. The van der Waals surface area contributed by atoms with E-state index < -0.39 is 0 Å². The van der Waals surface area contributed by atoms with Gasteiger partial charge in [-0.2, -0.15) is 0 Å². The molecular formula is C20H19NO3. The number of carbonyl (C=O) groups is 1. The molecule has 0 aliphatic rings. The maximum absolute atomic E-state index is 12.0. The van der Waals surface area contributed by atoms with Gasteiger partial charge in [0.15, 0.2) is 6.61 Å². The van der Waals surface area contributed by atoms with Crippen LogP contribution in [-0.4, -0.2) is 17.6 Å². The minimum Gasteiger partial charge on any atom is -0.484 e. The van der Waals surface area contributed by atoms with Crippen LogP contribution in [0.3, 0.4) is 0 Å². The largest absolute Gasteiger partial charge is 0.484 e. The van der Waals surface area contributed by atoms with Crippen LogP contribution in [0.15, 0.2) is 66.7 Å². The van der Waals surface area contributed by atoms with E-state index in [1.165, 1.54) is 0 Å². The molecule has 0 atom stereocenters. The number of hydrogen-bond acceptors (Lipinski definition) is 3. The molecule has 4 nitrogen and oxygen atoms in total. The molecule has 0 aromatic heterocycles. The Hall–Kier alpha value is -2.85. The summed E-state index contributed by atoms with van der Waals surface area (Å²) in [6.07, 6.45) is 0. The molecule has 0 aliphatic heterocycles. The molecule has 0 radical (unpaired) electrons. The molecule has 3 aromatic rings. The van der Waals surface area contributed by atoms with Crippen LogP contribution >= 0.6 is 0 Å². The first-order valence-electron chi connectivity index (χ1n) is 7.82. The van der Waals surface area contributed by atoms with Crippen molar-refractivity contribution < 1.29 is 14.6 Å². The molecule has 0 saturated carbocycles. The van der Waals surface area contributed by atoms with Crippen molar-refractivity contribution in [2.24, 2.45) is 0 Å². The van der Waals surface area contributed by atoms with E-state index in [-0.39, 0.29) is 19.1 Å². The minimum atomic E-state index is -0.198. The lowest BCUT2D eigenvalue weighted by Crippen LogP contribution is -2.28. The van der Waals surface area contributed by atoms with Crippen molar-refractivity contribution in [1.29, 1.82) is 0 Å². The highest BCUT2D eigenvalue weighted by molar-refractivity contribution is 5.84. The SMILES string of the molecule is O=C(COc1ccc2ccccc2c1)NCc1ccccc1CO. The Bertz CT molecular complexity index is 845. The normalized spacial score (nSPS) is 10.5. The lowest BCUT2D eigenvalue weighted by Gasteiger charge is -2.10. The maximum Gasteiger partial charge on any atom is 0.258 e. The van der Waals surface area contributed by atoms with Crippen LogP contribution in [0.25, 0.3) is 10.8 Å². The molecule has 122 valence electrons. The zero-order valence-corrected chi connectivity index (χ0v) is 13.2. The molecule has 0 unspecified atom stereocenters. The molecule has 0 heterocycles. The summed E-state index contributed by atoms with van der Waals surface area (Å²) in [5.74, 6) is 0.468. The topological polar surface area (TPSA) is 58.6 Å². The van der Waals surface area contributed by atoms with Gasteiger partial charge in [0.1, 0.15) is 5.75 Å². The van der Waals surface area contributed by atoms with E-state index in [1.807, 2.05) is 66.7 Å². The van der Waals surface area contributed by atoms with Crippen molar-refractivity contribution in [2.75, 3.05) is 6.61 Å². The number of fused-ring (bicyclic) bond motifs is 1. The monoisotopic (exact) mass is 321 g/mol. The number of rotatable bonds is 6. The molecule has 3 aromatic carbocycles. The van der Waals surface area contributed by atoms with Crippen molar-refractivity contribution in [3.05, 3.63) is 77.9 Å². The van der Waals surface area contributed by atoms with Crippen LogP contribution in [-0.2, 0) is 17.9 Å². The van der Waals surface area contributed by atoms with Crippen molar-refractivity contribution in [3.63, 3.8) is 0 Å². The van der Waals surface area contributed by atoms with E-state index in [4.69, 9.17) is 4.74 Å². The Balaban J connectivity index is 1.55. The average molecular weight is 321 g/mol. The van der Waals surface area contributed by atoms with Gasteiger partial charge in [-0.3, -0.25) is 4.79 Å². The Labute approximate surface area is 140 Å². The molecule has 0 spiro atoms. The van der Waals surface area contributed by atoms with Crippen LogP contribution in [0.2, 0.25) is 0 Å². The third-order valence-corrected chi connectivity index (χ3v) is 3.86. The van der Waals surface area contributed by atoms with E-state index in [0.717, 1.165) is 21.9 Å². The highest BCUT2D eigenvalue weighted by atomic mass is 16.5. The van der Waals surface area contributed by atoms with E-state index in [1.54, 1.807) is 0 Å². The molecular weight excluding hydrogens is 302 g/mol. The summed E-state index contributed by atoms with van der Waals surface area (Å²) >= 11 is 0. The quantitative estimate of drug-likeness (QED) is 0.734. The summed E-state index contributed by atoms with van der Waals surface area (Å²) < 4.78 is 5.56. The number of nitrogens with one attached hydrogen (secondary N) is 1. The summed E-state index contributed by atoms with van der Waals surface area (Å²) in [7, 11) is 0. The fourth-order valence-electron chi connectivity index (χ4n) is 2.54. The van der Waals surface area contributed by atoms with Crippen molar-refractivity contribution >= 4 is 16.7 Å². The van der Waals surface area contributed by atoms with E-state index in [0.29, 0.717) is 12.3 Å². The predicted octanol–water partition coefficient (Wildman–Crippen LogP) is 3.03. The third kappa shape index (κ3) is 3.91. The zero-order chi connectivity index (χ0) is 16.8. The number of hydrogen-bond donors (Lipinski definition) is 2. The van der Waals surface area contributed by atoms with Crippen molar-refractivity contribution in [2.45, 2.75) is 13.2 Å². The van der Waals surface area contributed by atoms with E-state index in [2.05, 4.69) is 5.32 Å². The van der Waals surface area contributed by atoms with E-state index in [9.17, 15) is 9.90 Å². The third-order valence-electron chi connectivity index (χ3n) is 3.86. The second-order valence-electron chi connectivity index (χ2n) is 5.50. The molecule has 0 saturated heterocycles. The van der Waals surface area contributed by atoms with Gasteiger partial charge in [0.25, 0.3) is 5.91 Å². The second-order valence-corrected chi connectivity index (χ2v) is 5.50. The Morgan fingerprint density at radius 1 is 0.917 bits per heavy atom. The number of ether oxygens (including phenoxy) is 1. The fraction of sp³-hybridized carbons (Fsp3) is 0.150. The maximum atomic E-state index is 12.0.